The third kappa shape index (κ3) is 2.56. The highest BCUT2D eigenvalue weighted by Gasteiger charge is 2.42. The Morgan fingerprint density at radius 3 is 2.72 bits per heavy atom. The van der Waals surface area contributed by atoms with Crippen LogP contribution in [0.25, 0.3) is 0 Å². The van der Waals surface area contributed by atoms with Crippen molar-refractivity contribution in [3.8, 4) is 0 Å². The maximum atomic E-state index is 12.8. The van der Waals surface area contributed by atoms with Crippen molar-refractivity contribution in [1.82, 2.24) is 10.2 Å². The van der Waals surface area contributed by atoms with Gasteiger partial charge < -0.3 is 10.2 Å². The Hall–Kier alpha value is -0.570. The number of nitrogens with zero attached hydrogens (tertiary/aromatic N) is 1. The van der Waals surface area contributed by atoms with Crippen molar-refractivity contribution in [2.24, 2.45) is 5.92 Å². The van der Waals surface area contributed by atoms with Gasteiger partial charge in [-0.25, -0.2) is 0 Å². The van der Waals surface area contributed by atoms with Crippen LogP contribution in [0.1, 0.15) is 58.8 Å². The van der Waals surface area contributed by atoms with E-state index in [0.717, 1.165) is 31.7 Å². The highest BCUT2D eigenvalue weighted by atomic mass is 16.2. The molecule has 3 heteroatoms. The van der Waals surface area contributed by atoms with Crippen molar-refractivity contribution in [3.63, 3.8) is 0 Å². The third-order valence-corrected chi connectivity index (χ3v) is 5.03. The van der Waals surface area contributed by atoms with Gasteiger partial charge in [-0.3, -0.25) is 4.79 Å². The number of likely N-dealkylation sites (N-methyl/N-ethyl adjacent to an activating group) is 1. The van der Waals surface area contributed by atoms with E-state index in [0.29, 0.717) is 11.9 Å². The molecule has 0 aromatic carbocycles. The molecule has 1 amide bonds. The smallest absolute Gasteiger partial charge is 0.242 e. The molecule has 3 nitrogen and oxygen atoms in total. The Bertz CT molecular complexity index is 297. The maximum absolute atomic E-state index is 12.8. The first-order chi connectivity index (χ1) is 8.59. The van der Waals surface area contributed by atoms with Crippen LogP contribution in [-0.2, 0) is 4.79 Å². The first kappa shape index (κ1) is 13.9. The van der Waals surface area contributed by atoms with Crippen LogP contribution in [0.2, 0.25) is 0 Å². The molecule has 1 aliphatic heterocycles. The minimum Gasteiger partial charge on any atom is -0.341 e. The van der Waals surface area contributed by atoms with Crippen molar-refractivity contribution < 1.29 is 4.79 Å². The van der Waals surface area contributed by atoms with Gasteiger partial charge in [0.15, 0.2) is 0 Å². The van der Waals surface area contributed by atoms with E-state index in [9.17, 15) is 4.79 Å². The monoisotopic (exact) mass is 252 g/mol. The Morgan fingerprint density at radius 1 is 1.39 bits per heavy atom. The average molecular weight is 252 g/mol. The van der Waals surface area contributed by atoms with Crippen molar-refractivity contribution >= 4 is 5.91 Å². The molecule has 0 radical (unpaired) electrons. The fourth-order valence-electron chi connectivity index (χ4n) is 3.70. The predicted octanol–water partition coefficient (Wildman–Crippen LogP) is 2.56. The van der Waals surface area contributed by atoms with Gasteiger partial charge >= 0.3 is 0 Å². The Balaban J connectivity index is 2.03. The zero-order valence-corrected chi connectivity index (χ0v) is 12.2. The highest BCUT2D eigenvalue weighted by molar-refractivity contribution is 5.86. The van der Waals surface area contributed by atoms with Crippen molar-refractivity contribution in [2.75, 3.05) is 13.6 Å². The summed E-state index contributed by atoms with van der Waals surface area (Å²) in [6.45, 7) is 5.44. The number of nitrogens with one attached hydrogen (secondary N) is 1. The van der Waals surface area contributed by atoms with E-state index >= 15 is 0 Å². The van der Waals surface area contributed by atoms with Gasteiger partial charge in [0, 0.05) is 13.1 Å². The summed E-state index contributed by atoms with van der Waals surface area (Å²) in [4.78, 5) is 14.8. The van der Waals surface area contributed by atoms with Crippen LogP contribution >= 0.6 is 0 Å². The molecule has 0 aromatic rings. The quantitative estimate of drug-likeness (QED) is 0.837. The van der Waals surface area contributed by atoms with E-state index in [-0.39, 0.29) is 5.54 Å². The summed E-state index contributed by atoms with van der Waals surface area (Å²) in [5, 5.41) is 3.46. The molecule has 104 valence electrons. The average Bonchev–Trinajstić information content (AvgIpc) is 2.87. The van der Waals surface area contributed by atoms with E-state index < -0.39 is 0 Å². The second-order valence-corrected chi connectivity index (χ2v) is 6.31. The zero-order chi connectivity index (χ0) is 13.2. The topological polar surface area (TPSA) is 32.3 Å². The molecule has 1 aliphatic carbocycles. The van der Waals surface area contributed by atoms with Crippen molar-refractivity contribution in [3.05, 3.63) is 0 Å². The van der Waals surface area contributed by atoms with Crippen LogP contribution in [0.15, 0.2) is 0 Å². The molecule has 0 aromatic heterocycles. The number of amides is 1. The lowest BCUT2D eigenvalue weighted by Gasteiger charge is -2.39. The fourth-order valence-corrected chi connectivity index (χ4v) is 3.70. The first-order valence-corrected chi connectivity index (χ1v) is 7.61. The standard InChI is InChI=1S/C15H28N2O/c1-4-15(9-6-10-16-15)14(18)17(3)13-8-5-7-12(2)11-13/h12-13,16H,4-11H2,1-3H3. The Kier molecular flexibility index (Phi) is 4.31. The molecule has 1 saturated carbocycles. The summed E-state index contributed by atoms with van der Waals surface area (Å²) >= 11 is 0. The van der Waals surface area contributed by atoms with E-state index in [2.05, 4.69) is 24.1 Å². The summed E-state index contributed by atoms with van der Waals surface area (Å²) in [5.74, 6) is 1.11. The Labute approximate surface area is 111 Å². The molecule has 2 fully saturated rings. The van der Waals surface area contributed by atoms with Gasteiger partial charge in [0.2, 0.25) is 5.91 Å². The SMILES string of the molecule is CCC1(C(=O)N(C)C2CCCC(C)C2)CCCN1. The number of rotatable bonds is 3. The van der Waals surface area contributed by atoms with Crippen LogP contribution in [0, 0.1) is 5.92 Å². The second-order valence-electron chi connectivity index (χ2n) is 6.31. The summed E-state index contributed by atoms with van der Waals surface area (Å²) in [7, 11) is 2.02. The minimum atomic E-state index is -0.255. The molecule has 0 bridgehead atoms. The minimum absolute atomic E-state index is 0.255. The molecule has 3 atom stereocenters. The van der Waals surface area contributed by atoms with Gasteiger partial charge in [-0.2, -0.15) is 0 Å². The van der Waals surface area contributed by atoms with E-state index in [4.69, 9.17) is 0 Å². The molecular formula is C15H28N2O. The number of carbonyl (C=O) groups is 1. The van der Waals surface area contributed by atoms with Crippen LogP contribution in [0.4, 0.5) is 0 Å². The number of hydrogen-bond acceptors (Lipinski definition) is 2. The van der Waals surface area contributed by atoms with Crippen LogP contribution in [-0.4, -0.2) is 36.0 Å². The third-order valence-electron chi connectivity index (χ3n) is 5.03. The van der Waals surface area contributed by atoms with Gasteiger partial charge in [0.1, 0.15) is 0 Å². The summed E-state index contributed by atoms with van der Waals surface area (Å²) in [6.07, 6.45) is 8.03. The number of hydrogen-bond donors (Lipinski definition) is 1. The molecular weight excluding hydrogens is 224 g/mol. The molecule has 18 heavy (non-hydrogen) atoms. The van der Waals surface area contributed by atoms with Crippen molar-refractivity contribution in [1.29, 1.82) is 0 Å². The zero-order valence-electron chi connectivity index (χ0n) is 12.2. The van der Waals surface area contributed by atoms with Crippen LogP contribution in [0.3, 0.4) is 0 Å². The van der Waals surface area contributed by atoms with Crippen molar-refractivity contribution in [2.45, 2.75) is 70.4 Å². The largest absolute Gasteiger partial charge is 0.341 e. The molecule has 1 saturated heterocycles. The molecule has 2 aliphatic rings. The van der Waals surface area contributed by atoms with Gasteiger partial charge in [0.05, 0.1) is 5.54 Å². The predicted molar refractivity (Wildman–Crippen MR) is 74.4 cm³/mol. The lowest BCUT2D eigenvalue weighted by atomic mass is 9.85. The molecule has 1 N–H and O–H groups in total. The lowest BCUT2D eigenvalue weighted by Crippen LogP contribution is -2.56. The normalized spacial score (nSPS) is 36.6. The second kappa shape index (κ2) is 5.60. The van der Waals surface area contributed by atoms with Crippen LogP contribution < -0.4 is 5.32 Å². The van der Waals surface area contributed by atoms with Gasteiger partial charge in [-0.05, 0) is 44.6 Å². The molecule has 0 spiro atoms. The first-order valence-electron chi connectivity index (χ1n) is 7.61. The van der Waals surface area contributed by atoms with Gasteiger partial charge in [0.25, 0.3) is 0 Å². The maximum Gasteiger partial charge on any atom is 0.242 e. The van der Waals surface area contributed by atoms with E-state index in [1.54, 1.807) is 0 Å². The molecule has 3 unspecified atom stereocenters. The van der Waals surface area contributed by atoms with E-state index in [1.807, 2.05) is 7.05 Å². The summed E-state index contributed by atoms with van der Waals surface area (Å²) < 4.78 is 0. The summed E-state index contributed by atoms with van der Waals surface area (Å²) in [5.41, 5.74) is -0.255. The van der Waals surface area contributed by atoms with Crippen LogP contribution in [0.5, 0.6) is 0 Å². The van der Waals surface area contributed by atoms with E-state index in [1.165, 1.54) is 25.7 Å². The van der Waals surface area contributed by atoms with Gasteiger partial charge in [-0.15, -0.1) is 0 Å². The fraction of sp³-hybridized carbons (Fsp3) is 0.933. The molecule has 2 rings (SSSR count). The molecule has 1 heterocycles. The summed E-state index contributed by atoms with van der Waals surface area (Å²) in [6, 6.07) is 0.465. The number of carbonyl (C=O) groups excluding carboxylic acids is 1. The lowest BCUT2D eigenvalue weighted by molar-refractivity contribution is -0.139. The van der Waals surface area contributed by atoms with Gasteiger partial charge in [-0.1, -0.05) is 26.7 Å². The highest BCUT2D eigenvalue weighted by Crippen LogP contribution is 2.31. The Morgan fingerprint density at radius 2 is 2.17 bits per heavy atom.